The van der Waals surface area contributed by atoms with E-state index in [1.807, 2.05) is 37.3 Å². The van der Waals surface area contributed by atoms with Gasteiger partial charge >= 0.3 is 5.97 Å². The molecule has 118 valence electrons. The van der Waals surface area contributed by atoms with E-state index >= 15 is 0 Å². The molecule has 0 aliphatic heterocycles. The van der Waals surface area contributed by atoms with Gasteiger partial charge < -0.3 is 15.2 Å². The standard InChI is InChI=1S/C17H27NO3/c1-13(2)12-14(3)21-11-10-17(18,16(19)20-4)15-8-6-5-7-9-15/h5-9,13-14H,10-12,18H2,1-4H3. The number of benzene rings is 1. The second-order valence-electron chi connectivity index (χ2n) is 5.89. The van der Waals surface area contributed by atoms with Crippen LogP contribution in [-0.2, 0) is 19.8 Å². The first-order valence-corrected chi connectivity index (χ1v) is 7.44. The normalized spacial score (nSPS) is 15.5. The minimum Gasteiger partial charge on any atom is -0.467 e. The summed E-state index contributed by atoms with van der Waals surface area (Å²) in [5.41, 5.74) is 5.89. The molecule has 0 spiro atoms. The summed E-state index contributed by atoms with van der Waals surface area (Å²) in [4.78, 5) is 12.1. The summed E-state index contributed by atoms with van der Waals surface area (Å²) < 4.78 is 10.6. The van der Waals surface area contributed by atoms with Crippen LogP contribution in [-0.4, -0.2) is 25.8 Å². The molecule has 0 radical (unpaired) electrons. The fraction of sp³-hybridized carbons (Fsp3) is 0.588. The third-order valence-electron chi connectivity index (χ3n) is 3.54. The second kappa shape index (κ2) is 8.15. The minimum atomic E-state index is -1.16. The van der Waals surface area contributed by atoms with E-state index in [2.05, 4.69) is 13.8 Å². The molecule has 21 heavy (non-hydrogen) atoms. The van der Waals surface area contributed by atoms with Gasteiger partial charge in [-0.05, 0) is 24.8 Å². The predicted octanol–water partition coefficient (Wildman–Crippen LogP) is 2.85. The van der Waals surface area contributed by atoms with Gasteiger partial charge in [0.25, 0.3) is 0 Å². The zero-order chi connectivity index (χ0) is 15.9. The molecule has 0 aliphatic rings. The average Bonchev–Trinajstić information content (AvgIpc) is 2.46. The molecule has 0 bridgehead atoms. The average molecular weight is 293 g/mol. The van der Waals surface area contributed by atoms with Crippen LogP contribution in [0.5, 0.6) is 0 Å². The third kappa shape index (κ3) is 5.14. The van der Waals surface area contributed by atoms with Gasteiger partial charge in [0.2, 0.25) is 0 Å². The number of esters is 1. The van der Waals surface area contributed by atoms with Crippen LogP contribution in [0.15, 0.2) is 30.3 Å². The molecular formula is C17H27NO3. The highest BCUT2D eigenvalue weighted by Gasteiger charge is 2.37. The Hall–Kier alpha value is -1.39. The molecule has 0 fully saturated rings. The number of nitrogens with two attached hydrogens (primary N) is 1. The van der Waals surface area contributed by atoms with Gasteiger partial charge in [-0.25, -0.2) is 4.79 Å². The van der Waals surface area contributed by atoms with Gasteiger partial charge in [-0.2, -0.15) is 0 Å². The molecule has 1 rings (SSSR count). The van der Waals surface area contributed by atoms with Crippen molar-refractivity contribution < 1.29 is 14.3 Å². The highest BCUT2D eigenvalue weighted by Crippen LogP contribution is 2.24. The van der Waals surface area contributed by atoms with Crippen molar-refractivity contribution in [3.8, 4) is 0 Å². The first-order valence-electron chi connectivity index (χ1n) is 7.44. The Morgan fingerprint density at radius 1 is 1.24 bits per heavy atom. The smallest absolute Gasteiger partial charge is 0.330 e. The molecule has 0 aromatic heterocycles. The van der Waals surface area contributed by atoms with E-state index in [0.717, 1.165) is 12.0 Å². The van der Waals surface area contributed by atoms with Crippen LogP contribution >= 0.6 is 0 Å². The van der Waals surface area contributed by atoms with Gasteiger partial charge in [-0.1, -0.05) is 44.2 Å². The Kier molecular flexibility index (Phi) is 6.85. The Morgan fingerprint density at radius 2 is 1.86 bits per heavy atom. The molecule has 0 saturated carbocycles. The van der Waals surface area contributed by atoms with Crippen LogP contribution in [0.25, 0.3) is 0 Å². The lowest BCUT2D eigenvalue weighted by molar-refractivity contribution is -0.148. The number of hydrogen-bond donors (Lipinski definition) is 1. The number of carbonyl (C=O) groups excluding carboxylic acids is 1. The molecule has 1 aromatic carbocycles. The number of carbonyl (C=O) groups is 1. The lowest BCUT2D eigenvalue weighted by Gasteiger charge is -2.27. The summed E-state index contributed by atoms with van der Waals surface area (Å²) in [6.45, 7) is 6.78. The fourth-order valence-electron chi connectivity index (χ4n) is 2.43. The maximum atomic E-state index is 12.1. The van der Waals surface area contributed by atoms with Crippen LogP contribution in [0.4, 0.5) is 0 Å². The predicted molar refractivity (Wildman–Crippen MR) is 83.8 cm³/mol. The molecule has 1 aromatic rings. The van der Waals surface area contributed by atoms with E-state index in [0.29, 0.717) is 18.9 Å². The molecule has 2 atom stereocenters. The molecule has 2 unspecified atom stereocenters. The van der Waals surface area contributed by atoms with Crippen molar-refractivity contribution in [3.05, 3.63) is 35.9 Å². The van der Waals surface area contributed by atoms with E-state index < -0.39 is 11.5 Å². The SMILES string of the molecule is COC(=O)C(N)(CCOC(C)CC(C)C)c1ccccc1. The Labute approximate surface area is 127 Å². The zero-order valence-electron chi connectivity index (χ0n) is 13.5. The van der Waals surface area contributed by atoms with Crippen LogP contribution in [0.2, 0.25) is 0 Å². The first-order chi connectivity index (χ1) is 9.90. The summed E-state index contributed by atoms with van der Waals surface area (Å²) in [6, 6.07) is 9.30. The van der Waals surface area contributed by atoms with Gasteiger partial charge in [0.05, 0.1) is 13.2 Å². The van der Waals surface area contributed by atoms with Gasteiger partial charge in [0.15, 0.2) is 0 Å². The van der Waals surface area contributed by atoms with Crippen molar-refractivity contribution in [2.24, 2.45) is 11.7 Å². The first kappa shape index (κ1) is 17.7. The summed E-state index contributed by atoms with van der Waals surface area (Å²) in [5.74, 6) is 0.145. The van der Waals surface area contributed by atoms with Gasteiger partial charge in [0.1, 0.15) is 5.54 Å². The summed E-state index contributed by atoms with van der Waals surface area (Å²) >= 11 is 0. The van der Waals surface area contributed by atoms with E-state index in [9.17, 15) is 4.79 Å². The van der Waals surface area contributed by atoms with Crippen molar-refractivity contribution in [1.82, 2.24) is 0 Å². The lowest BCUT2D eigenvalue weighted by Crippen LogP contribution is -2.46. The van der Waals surface area contributed by atoms with Crippen LogP contribution in [0, 0.1) is 5.92 Å². The maximum Gasteiger partial charge on any atom is 0.330 e. The van der Waals surface area contributed by atoms with Crippen molar-refractivity contribution >= 4 is 5.97 Å². The maximum absolute atomic E-state index is 12.1. The van der Waals surface area contributed by atoms with E-state index in [1.165, 1.54) is 7.11 Å². The van der Waals surface area contributed by atoms with E-state index in [-0.39, 0.29) is 6.10 Å². The Bertz CT molecular complexity index is 433. The summed E-state index contributed by atoms with van der Waals surface area (Å²) in [7, 11) is 1.36. The van der Waals surface area contributed by atoms with Gasteiger partial charge in [-0.3, -0.25) is 0 Å². The van der Waals surface area contributed by atoms with Crippen LogP contribution in [0.3, 0.4) is 0 Å². The monoisotopic (exact) mass is 293 g/mol. The van der Waals surface area contributed by atoms with E-state index in [1.54, 1.807) is 0 Å². The highest BCUT2D eigenvalue weighted by atomic mass is 16.5. The topological polar surface area (TPSA) is 61.5 Å². The van der Waals surface area contributed by atoms with E-state index in [4.69, 9.17) is 15.2 Å². The van der Waals surface area contributed by atoms with Crippen molar-refractivity contribution in [2.75, 3.05) is 13.7 Å². The Morgan fingerprint density at radius 3 is 2.38 bits per heavy atom. The van der Waals surface area contributed by atoms with Crippen LogP contribution in [0.1, 0.15) is 39.2 Å². The number of ether oxygens (including phenoxy) is 2. The minimum absolute atomic E-state index is 0.155. The Balaban J connectivity index is 2.70. The fourth-order valence-corrected chi connectivity index (χ4v) is 2.43. The molecule has 0 aliphatic carbocycles. The van der Waals surface area contributed by atoms with Gasteiger partial charge in [0, 0.05) is 13.0 Å². The van der Waals surface area contributed by atoms with Crippen molar-refractivity contribution in [3.63, 3.8) is 0 Å². The largest absolute Gasteiger partial charge is 0.467 e. The number of methoxy groups -OCH3 is 1. The van der Waals surface area contributed by atoms with Crippen molar-refractivity contribution in [1.29, 1.82) is 0 Å². The molecule has 4 heteroatoms. The summed E-state index contributed by atoms with van der Waals surface area (Å²) in [5, 5.41) is 0. The molecule has 4 nitrogen and oxygen atoms in total. The molecular weight excluding hydrogens is 266 g/mol. The quantitative estimate of drug-likeness (QED) is 0.749. The van der Waals surface area contributed by atoms with Gasteiger partial charge in [-0.15, -0.1) is 0 Å². The zero-order valence-corrected chi connectivity index (χ0v) is 13.5. The molecule has 0 amide bonds. The summed E-state index contributed by atoms with van der Waals surface area (Å²) in [6.07, 6.45) is 1.54. The van der Waals surface area contributed by atoms with Crippen LogP contribution < -0.4 is 5.73 Å². The lowest BCUT2D eigenvalue weighted by atomic mass is 9.88. The highest BCUT2D eigenvalue weighted by molar-refractivity contribution is 5.82. The molecule has 0 heterocycles. The number of hydrogen-bond acceptors (Lipinski definition) is 4. The second-order valence-corrected chi connectivity index (χ2v) is 5.89. The molecule has 2 N–H and O–H groups in total. The number of rotatable bonds is 8. The third-order valence-corrected chi connectivity index (χ3v) is 3.54. The molecule has 0 saturated heterocycles. The van der Waals surface area contributed by atoms with Crippen molar-refractivity contribution in [2.45, 2.75) is 45.3 Å².